The number of hydrogen-bond donors (Lipinski definition) is 1. The highest BCUT2D eigenvalue weighted by molar-refractivity contribution is 6.31. The van der Waals surface area contributed by atoms with Crippen LogP contribution in [0.15, 0.2) is 24.3 Å². The van der Waals surface area contributed by atoms with Crippen LogP contribution in [-0.4, -0.2) is 31.4 Å². The second kappa shape index (κ2) is 6.51. The molecule has 1 aromatic rings. The van der Waals surface area contributed by atoms with Gasteiger partial charge in [0.1, 0.15) is 0 Å². The molecule has 4 heteroatoms. The summed E-state index contributed by atoms with van der Waals surface area (Å²) in [6.07, 6.45) is 0.511. The fourth-order valence-corrected chi connectivity index (χ4v) is 1.59. The van der Waals surface area contributed by atoms with E-state index in [9.17, 15) is 4.79 Å². The quantitative estimate of drug-likeness (QED) is 0.853. The van der Waals surface area contributed by atoms with E-state index in [1.165, 1.54) is 0 Å². The van der Waals surface area contributed by atoms with Gasteiger partial charge in [-0.2, -0.15) is 0 Å². The zero-order chi connectivity index (χ0) is 12.0. The van der Waals surface area contributed by atoms with Crippen molar-refractivity contribution in [3.05, 3.63) is 34.9 Å². The Kier molecular flexibility index (Phi) is 5.29. The van der Waals surface area contributed by atoms with Gasteiger partial charge in [0, 0.05) is 31.6 Å². The minimum Gasteiger partial charge on any atom is -0.341 e. The first-order valence-corrected chi connectivity index (χ1v) is 5.65. The SMILES string of the molecule is CNCCC(=O)N(C)Cc1ccccc1Cl. The topological polar surface area (TPSA) is 32.3 Å². The van der Waals surface area contributed by atoms with Gasteiger partial charge in [-0.1, -0.05) is 29.8 Å². The van der Waals surface area contributed by atoms with Crippen molar-refractivity contribution in [1.29, 1.82) is 0 Å². The highest BCUT2D eigenvalue weighted by Gasteiger charge is 2.09. The first-order valence-electron chi connectivity index (χ1n) is 5.27. The Morgan fingerprint density at radius 2 is 2.12 bits per heavy atom. The average molecular weight is 241 g/mol. The molecule has 3 nitrogen and oxygen atoms in total. The molecule has 1 N–H and O–H groups in total. The van der Waals surface area contributed by atoms with Crippen molar-refractivity contribution in [3.63, 3.8) is 0 Å². The third kappa shape index (κ3) is 3.83. The summed E-state index contributed by atoms with van der Waals surface area (Å²) in [5.41, 5.74) is 0.976. The van der Waals surface area contributed by atoms with E-state index in [0.717, 1.165) is 5.56 Å². The van der Waals surface area contributed by atoms with E-state index >= 15 is 0 Å². The van der Waals surface area contributed by atoms with Gasteiger partial charge in [0.05, 0.1) is 0 Å². The normalized spacial score (nSPS) is 10.2. The molecule has 0 saturated carbocycles. The van der Waals surface area contributed by atoms with Gasteiger partial charge in [-0.15, -0.1) is 0 Å². The molecule has 0 aliphatic rings. The van der Waals surface area contributed by atoms with Gasteiger partial charge in [-0.3, -0.25) is 4.79 Å². The number of carbonyl (C=O) groups is 1. The van der Waals surface area contributed by atoms with Crippen LogP contribution in [0.2, 0.25) is 5.02 Å². The van der Waals surface area contributed by atoms with Gasteiger partial charge < -0.3 is 10.2 Å². The summed E-state index contributed by atoms with van der Waals surface area (Å²) in [6.45, 7) is 1.26. The number of hydrogen-bond acceptors (Lipinski definition) is 2. The van der Waals surface area contributed by atoms with Crippen molar-refractivity contribution < 1.29 is 4.79 Å². The van der Waals surface area contributed by atoms with Crippen LogP contribution in [0, 0.1) is 0 Å². The lowest BCUT2D eigenvalue weighted by molar-refractivity contribution is -0.130. The van der Waals surface area contributed by atoms with E-state index < -0.39 is 0 Å². The molecule has 1 amide bonds. The summed E-state index contributed by atoms with van der Waals surface area (Å²) in [7, 11) is 3.63. The number of amides is 1. The fourth-order valence-electron chi connectivity index (χ4n) is 1.39. The molecule has 1 rings (SSSR count). The Balaban J connectivity index is 2.54. The van der Waals surface area contributed by atoms with Crippen molar-refractivity contribution in [1.82, 2.24) is 10.2 Å². The van der Waals surface area contributed by atoms with Gasteiger partial charge >= 0.3 is 0 Å². The largest absolute Gasteiger partial charge is 0.341 e. The summed E-state index contributed by atoms with van der Waals surface area (Å²) in [6, 6.07) is 7.58. The second-order valence-corrected chi connectivity index (χ2v) is 4.10. The van der Waals surface area contributed by atoms with Crippen molar-refractivity contribution in [2.24, 2.45) is 0 Å². The Hall–Kier alpha value is -1.06. The van der Waals surface area contributed by atoms with Gasteiger partial charge in [0.2, 0.25) is 5.91 Å². The molecule has 88 valence electrons. The molecule has 0 spiro atoms. The van der Waals surface area contributed by atoms with Gasteiger partial charge in [-0.05, 0) is 18.7 Å². The van der Waals surface area contributed by atoms with Crippen LogP contribution in [0.1, 0.15) is 12.0 Å². The molecular weight excluding hydrogens is 224 g/mol. The summed E-state index contributed by atoms with van der Waals surface area (Å²) < 4.78 is 0. The predicted octanol–water partition coefficient (Wildman–Crippen LogP) is 1.91. The fraction of sp³-hybridized carbons (Fsp3) is 0.417. The van der Waals surface area contributed by atoms with E-state index in [2.05, 4.69) is 5.32 Å². The minimum absolute atomic E-state index is 0.120. The molecule has 0 fully saturated rings. The van der Waals surface area contributed by atoms with Gasteiger partial charge in [0.25, 0.3) is 0 Å². The molecule has 0 aliphatic carbocycles. The van der Waals surface area contributed by atoms with Crippen molar-refractivity contribution in [2.45, 2.75) is 13.0 Å². The van der Waals surface area contributed by atoms with E-state index in [1.807, 2.05) is 31.3 Å². The highest BCUT2D eigenvalue weighted by atomic mass is 35.5. The summed E-state index contributed by atoms with van der Waals surface area (Å²) in [5.74, 6) is 0.120. The summed E-state index contributed by atoms with van der Waals surface area (Å²) >= 11 is 6.03. The number of carbonyl (C=O) groups excluding carboxylic acids is 1. The van der Waals surface area contributed by atoms with E-state index in [-0.39, 0.29) is 5.91 Å². The van der Waals surface area contributed by atoms with Crippen LogP contribution in [0.25, 0.3) is 0 Å². The molecular formula is C12H17ClN2O. The highest BCUT2D eigenvalue weighted by Crippen LogP contribution is 2.16. The lowest BCUT2D eigenvalue weighted by atomic mass is 10.2. The average Bonchev–Trinajstić information content (AvgIpc) is 2.28. The maximum Gasteiger partial charge on any atom is 0.223 e. The maximum absolute atomic E-state index is 11.7. The third-order valence-corrected chi connectivity index (χ3v) is 2.75. The smallest absolute Gasteiger partial charge is 0.223 e. The van der Waals surface area contributed by atoms with E-state index in [0.29, 0.717) is 24.5 Å². The molecule has 0 atom stereocenters. The first kappa shape index (κ1) is 13.0. The molecule has 1 aromatic carbocycles. The number of nitrogens with zero attached hydrogens (tertiary/aromatic N) is 1. The standard InChI is InChI=1S/C12H17ClN2O/c1-14-8-7-12(16)15(2)9-10-5-3-4-6-11(10)13/h3-6,14H,7-9H2,1-2H3. The third-order valence-electron chi connectivity index (χ3n) is 2.38. The zero-order valence-electron chi connectivity index (χ0n) is 9.66. The van der Waals surface area contributed by atoms with Crippen molar-refractivity contribution in [3.8, 4) is 0 Å². The molecule has 0 aromatic heterocycles. The Labute approximate surface area is 101 Å². The number of halogens is 1. The molecule has 16 heavy (non-hydrogen) atoms. The summed E-state index contributed by atoms with van der Waals surface area (Å²) in [5, 5.41) is 3.66. The number of rotatable bonds is 5. The predicted molar refractivity (Wildman–Crippen MR) is 66.5 cm³/mol. The summed E-state index contributed by atoms with van der Waals surface area (Å²) in [4.78, 5) is 13.4. The lowest BCUT2D eigenvalue weighted by Gasteiger charge is -2.17. The second-order valence-electron chi connectivity index (χ2n) is 3.69. The molecule has 0 unspecified atom stereocenters. The van der Waals surface area contributed by atoms with Crippen LogP contribution >= 0.6 is 11.6 Å². The van der Waals surface area contributed by atoms with Gasteiger partial charge in [-0.25, -0.2) is 0 Å². The first-order chi connectivity index (χ1) is 7.65. The van der Waals surface area contributed by atoms with E-state index in [4.69, 9.17) is 11.6 Å². The monoisotopic (exact) mass is 240 g/mol. The number of nitrogens with one attached hydrogen (secondary N) is 1. The lowest BCUT2D eigenvalue weighted by Crippen LogP contribution is -2.28. The van der Waals surface area contributed by atoms with Crippen LogP contribution in [0.5, 0.6) is 0 Å². The maximum atomic E-state index is 11.7. The Morgan fingerprint density at radius 3 is 2.75 bits per heavy atom. The van der Waals surface area contributed by atoms with Gasteiger partial charge in [0.15, 0.2) is 0 Å². The van der Waals surface area contributed by atoms with Crippen molar-refractivity contribution in [2.75, 3.05) is 20.6 Å². The van der Waals surface area contributed by atoms with Crippen LogP contribution in [0.3, 0.4) is 0 Å². The molecule has 0 saturated heterocycles. The Morgan fingerprint density at radius 1 is 1.44 bits per heavy atom. The van der Waals surface area contributed by atoms with Crippen LogP contribution in [-0.2, 0) is 11.3 Å². The zero-order valence-corrected chi connectivity index (χ0v) is 10.4. The molecule has 0 bridgehead atoms. The molecule has 0 heterocycles. The van der Waals surface area contributed by atoms with E-state index in [1.54, 1.807) is 11.9 Å². The van der Waals surface area contributed by atoms with Crippen LogP contribution < -0.4 is 5.32 Å². The minimum atomic E-state index is 0.120. The Bertz CT molecular complexity index is 355. The van der Waals surface area contributed by atoms with Crippen LogP contribution in [0.4, 0.5) is 0 Å². The molecule has 0 radical (unpaired) electrons. The number of benzene rings is 1. The van der Waals surface area contributed by atoms with Crippen molar-refractivity contribution >= 4 is 17.5 Å². The molecule has 0 aliphatic heterocycles.